The summed E-state index contributed by atoms with van der Waals surface area (Å²) < 4.78 is 10.7. The average Bonchev–Trinajstić information content (AvgIpc) is 1.84. The van der Waals surface area contributed by atoms with Crippen LogP contribution in [0.3, 0.4) is 0 Å². The number of nitrogens with two attached hydrogens (primary N) is 1. The van der Waals surface area contributed by atoms with Gasteiger partial charge in [0.1, 0.15) is 0 Å². The molecule has 0 aliphatic heterocycles. The minimum atomic E-state index is -0.771. The molecule has 0 aromatic rings. The summed E-state index contributed by atoms with van der Waals surface area (Å²) in [7, 11) is -0.771. The second kappa shape index (κ2) is 4.60. The first-order valence-electron chi connectivity index (χ1n) is 3.94. The van der Waals surface area contributed by atoms with Crippen LogP contribution in [0, 0.1) is 5.41 Å². The largest absolute Gasteiger partial charge is 0.387 e. The Labute approximate surface area is 76.9 Å². The van der Waals surface area contributed by atoms with E-state index in [4.69, 9.17) is 5.73 Å². The predicted molar refractivity (Wildman–Crippen MR) is 54.9 cm³/mol. The molecule has 0 rings (SSSR count). The van der Waals surface area contributed by atoms with Gasteiger partial charge in [-0.05, 0) is 0 Å². The van der Waals surface area contributed by atoms with E-state index in [1.54, 1.807) is 6.26 Å². The third-order valence-electron chi connectivity index (χ3n) is 1.43. The minimum absolute atomic E-state index is 0.0742. The van der Waals surface area contributed by atoms with Crippen molar-refractivity contribution in [2.75, 3.05) is 18.6 Å². The van der Waals surface area contributed by atoms with Crippen LogP contribution in [0.1, 0.15) is 20.8 Å². The van der Waals surface area contributed by atoms with Crippen molar-refractivity contribution in [3.63, 3.8) is 0 Å². The molecule has 12 heavy (non-hydrogen) atoms. The molecule has 72 valence electrons. The van der Waals surface area contributed by atoms with Gasteiger partial charge >= 0.3 is 0 Å². The van der Waals surface area contributed by atoms with E-state index in [0.717, 1.165) is 0 Å². The first kappa shape index (κ1) is 11.6. The summed E-state index contributed by atoms with van der Waals surface area (Å²) in [5.41, 5.74) is 5.61. The van der Waals surface area contributed by atoms with E-state index in [1.165, 1.54) is 0 Å². The maximum absolute atomic E-state index is 10.7. The van der Waals surface area contributed by atoms with Crippen molar-refractivity contribution in [2.24, 2.45) is 16.1 Å². The van der Waals surface area contributed by atoms with Gasteiger partial charge in [-0.3, -0.25) is 9.20 Å². The van der Waals surface area contributed by atoms with Crippen LogP contribution >= 0.6 is 0 Å². The van der Waals surface area contributed by atoms with Crippen LogP contribution in [-0.2, 0) is 10.8 Å². The molecule has 0 fully saturated rings. The summed E-state index contributed by atoms with van der Waals surface area (Å²) in [6.45, 7) is 6.59. The molecule has 2 N–H and O–H groups in total. The van der Waals surface area contributed by atoms with Gasteiger partial charge in [0.15, 0.2) is 0 Å². The first-order chi connectivity index (χ1) is 5.34. The van der Waals surface area contributed by atoms with Crippen molar-refractivity contribution in [1.29, 1.82) is 0 Å². The SMILES string of the molecule is CS(=O)CCN=C(N)C(C)(C)C. The molecule has 0 aliphatic rings. The Kier molecular flexibility index (Phi) is 4.45. The zero-order chi connectivity index (χ0) is 9.78. The second-order valence-corrected chi connectivity index (χ2v) is 5.35. The fraction of sp³-hybridized carbons (Fsp3) is 0.875. The Bertz CT molecular complexity index is 194. The van der Waals surface area contributed by atoms with E-state index < -0.39 is 10.8 Å². The normalized spacial score (nSPS) is 16.2. The lowest BCUT2D eigenvalue weighted by Crippen LogP contribution is -2.29. The second-order valence-electron chi connectivity index (χ2n) is 3.79. The van der Waals surface area contributed by atoms with Crippen LogP contribution in [-0.4, -0.2) is 28.6 Å². The Morgan fingerprint density at radius 2 is 2.00 bits per heavy atom. The van der Waals surface area contributed by atoms with Crippen LogP contribution in [0.4, 0.5) is 0 Å². The highest BCUT2D eigenvalue weighted by atomic mass is 32.2. The molecular weight excluding hydrogens is 172 g/mol. The summed E-state index contributed by atoms with van der Waals surface area (Å²) in [4.78, 5) is 4.14. The monoisotopic (exact) mass is 190 g/mol. The number of amidine groups is 1. The van der Waals surface area contributed by atoms with E-state index in [-0.39, 0.29) is 5.41 Å². The Morgan fingerprint density at radius 3 is 2.33 bits per heavy atom. The van der Waals surface area contributed by atoms with Gasteiger partial charge in [0.25, 0.3) is 0 Å². The molecule has 0 saturated heterocycles. The van der Waals surface area contributed by atoms with E-state index in [1.807, 2.05) is 20.8 Å². The van der Waals surface area contributed by atoms with Gasteiger partial charge in [0, 0.05) is 28.2 Å². The summed E-state index contributed by atoms with van der Waals surface area (Å²) in [6, 6.07) is 0. The van der Waals surface area contributed by atoms with Crippen molar-refractivity contribution >= 4 is 16.6 Å². The van der Waals surface area contributed by atoms with Gasteiger partial charge < -0.3 is 5.73 Å². The van der Waals surface area contributed by atoms with Gasteiger partial charge in [-0.25, -0.2) is 0 Å². The Morgan fingerprint density at radius 1 is 1.50 bits per heavy atom. The first-order valence-corrected chi connectivity index (χ1v) is 5.67. The molecule has 1 unspecified atom stereocenters. The van der Waals surface area contributed by atoms with Gasteiger partial charge in [-0.15, -0.1) is 0 Å². The van der Waals surface area contributed by atoms with Crippen molar-refractivity contribution < 1.29 is 4.21 Å². The van der Waals surface area contributed by atoms with Gasteiger partial charge in [0.2, 0.25) is 0 Å². The Hall–Kier alpha value is -0.380. The predicted octanol–water partition coefficient (Wildman–Crippen LogP) is 0.768. The van der Waals surface area contributed by atoms with Gasteiger partial charge in [-0.2, -0.15) is 0 Å². The van der Waals surface area contributed by atoms with Crippen LogP contribution in [0.15, 0.2) is 4.99 Å². The number of aliphatic imine (C=N–C) groups is 1. The number of nitrogens with zero attached hydrogens (tertiary/aromatic N) is 1. The van der Waals surface area contributed by atoms with Crippen molar-refractivity contribution in [3.8, 4) is 0 Å². The maximum atomic E-state index is 10.7. The number of hydrogen-bond donors (Lipinski definition) is 1. The molecule has 3 nitrogen and oxygen atoms in total. The topological polar surface area (TPSA) is 55.5 Å². The van der Waals surface area contributed by atoms with E-state index >= 15 is 0 Å². The maximum Gasteiger partial charge on any atom is 0.0991 e. The lowest BCUT2D eigenvalue weighted by Gasteiger charge is -2.17. The molecule has 0 saturated carbocycles. The molecule has 0 radical (unpaired) electrons. The van der Waals surface area contributed by atoms with Crippen molar-refractivity contribution in [2.45, 2.75) is 20.8 Å². The van der Waals surface area contributed by atoms with E-state index in [9.17, 15) is 4.21 Å². The molecule has 0 bridgehead atoms. The van der Waals surface area contributed by atoms with Crippen molar-refractivity contribution in [1.82, 2.24) is 0 Å². The molecule has 0 aromatic carbocycles. The van der Waals surface area contributed by atoms with Crippen LogP contribution in [0.2, 0.25) is 0 Å². The Balaban J connectivity index is 3.94. The fourth-order valence-corrected chi connectivity index (χ4v) is 0.880. The summed E-state index contributed by atoms with van der Waals surface area (Å²) in [6.07, 6.45) is 1.67. The standard InChI is InChI=1S/C8H18N2OS/c1-8(2,3)7(9)10-5-6-12(4)11/h5-6H2,1-4H3,(H2,9,10). The zero-order valence-electron chi connectivity index (χ0n) is 8.26. The summed E-state index contributed by atoms with van der Waals surface area (Å²) in [5, 5.41) is 0. The summed E-state index contributed by atoms with van der Waals surface area (Å²) >= 11 is 0. The molecule has 0 spiro atoms. The molecule has 0 amide bonds. The van der Waals surface area contributed by atoms with Gasteiger partial charge in [-0.1, -0.05) is 20.8 Å². The van der Waals surface area contributed by atoms with Crippen LogP contribution in [0.5, 0.6) is 0 Å². The average molecular weight is 190 g/mol. The van der Waals surface area contributed by atoms with E-state index in [0.29, 0.717) is 18.1 Å². The third-order valence-corrected chi connectivity index (χ3v) is 2.19. The van der Waals surface area contributed by atoms with Crippen LogP contribution in [0.25, 0.3) is 0 Å². The molecule has 0 aromatic heterocycles. The lowest BCUT2D eigenvalue weighted by atomic mass is 9.95. The third kappa shape index (κ3) is 5.29. The highest BCUT2D eigenvalue weighted by Crippen LogP contribution is 2.12. The quantitative estimate of drug-likeness (QED) is 0.528. The molecular formula is C8H18N2OS. The van der Waals surface area contributed by atoms with Crippen LogP contribution < -0.4 is 5.73 Å². The molecule has 0 aliphatic carbocycles. The molecule has 1 atom stereocenters. The number of rotatable bonds is 3. The zero-order valence-corrected chi connectivity index (χ0v) is 9.07. The molecule has 0 heterocycles. The van der Waals surface area contributed by atoms with Gasteiger partial charge in [0.05, 0.1) is 12.4 Å². The van der Waals surface area contributed by atoms with E-state index in [2.05, 4.69) is 4.99 Å². The van der Waals surface area contributed by atoms with Crippen molar-refractivity contribution in [3.05, 3.63) is 0 Å². The minimum Gasteiger partial charge on any atom is -0.387 e. The summed E-state index contributed by atoms with van der Waals surface area (Å²) in [5.74, 6) is 1.23. The molecule has 4 heteroatoms. The fourth-order valence-electron chi connectivity index (χ4n) is 0.532. The highest BCUT2D eigenvalue weighted by molar-refractivity contribution is 7.84. The smallest absolute Gasteiger partial charge is 0.0991 e. The highest BCUT2D eigenvalue weighted by Gasteiger charge is 2.14. The lowest BCUT2D eigenvalue weighted by molar-refractivity contribution is 0.582. The number of hydrogen-bond acceptors (Lipinski definition) is 2.